The van der Waals surface area contributed by atoms with E-state index in [1.54, 1.807) is 12.1 Å². The minimum Gasteiger partial charge on any atom is -0.394 e. The first-order chi connectivity index (χ1) is 12.2. The largest absolute Gasteiger partial charge is 0.394 e. The smallest absolute Gasteiger partial charge is 0.313 e. The van der Waals surface area contributed by atoms with Gasteiger partial charge in [-0.2, -0.15) is 0 Å². The normalized spacial score (nSPS) is 11.8. The van der Waals surface area contributed by atoms with Gasteiger partial charge in [-0.3, -0.25) is 9.59 Å². The van der Waals surface area contributed by atoms with Gasteiger partial charge in [-0.15, -0.1) is 23.1 Å². The summed E-state index contributed by atoms with van der Waals surface area (Å²) in [4.78, 5) is 25.9. The van der Waals surface area contributed by atoms with Crippen LogP contribution in [0.15, 0.2) is 46.7 Å². The third-order valence-corrected chi connectivity index (χ3v) is 5.04. The summed E-state index contributed by atoms with van der Waals surface area (Å²) in [7, 11) is 0. The van der Waals surface area contributed by atoms with E-state index < -0.39 is 17.9 Å². The summed E-state index contributed by atoms with van der Waals surface area (Å²) in [5.41, 5.74) is 0.599. The van der Waals surface area contributed by atoms with Crippen LogP contribution in [0.1, 0.15) is 11.0 Å². The second-order valence-corrected chi connectivity index (χ2v) is 6.79. The summed E-state index contributed by atoms with van der Waals surface area (Å²) in [6.45, 7) is 0.199. The number of anilines is 1. The molecule has 2 rings (SSSR count). The molecule has 2 amide bonds. The number of nitrogens with one attached hydrogen (secondary N) is 2. The Labute approximate surface area is 154 Å². The number of hydrogen-bond acceptors (Lipinski definition) is 6. The summed E-state index contributed by atoms with van der Waals surface area (Å²) in [6.07, 6.45) is 1.50. The third-order valence-electron chi connectivity index (χ3n) is 3.28. The highest BCUT2D eigenvalue weighted by molar-refractivity contribution is 7.98. The number of aliphatic hydroxyl groups excluding tert-OH is 1. The predicted molar refractivity (Wildman–Crippen MR) is 100.0 cm³/mol. The maximum absolute atomic E-state index is 12.1. The Bertz CT molecular complexity index is 692. The van der Waals surface area contributed by atoms with Crippen LogP contribution in [0.5, 0.6) is 0 Å². The summed E-state index contributed by atoms with van der Waals surface area (Å²) < 4.78 is 5.53. The standard InChI is InChI=1S/C17H20N2O4S2/c1-24-14-6-3-2-5-12(14)19-17(22)16(21)18-11-13(23-9-8-20)15-7-4-10-25-15/h2-7,10,13,20H,8-9,11H2,1H3,(H,18,21)(H,19,22)/t13-/m1/s1. The van der Waals surface area contributed by atoms with E-state index in [0.717, 1.165) is 9.77 Å². The fourth-order valence-corrected chi connectivity index (χ4v) is 3.43. The number of rotatable bonds is 8. The SMILES string of the molecule is CSc1ccccc1NC(=O)C(=O)NC[C@@H](OCCO)c1cccs1. The maximum Gasteiger partial charge on any atom is 0.313 e. The summed E-state index contributed by atoms with van der Waals surface area (Å²) in [5.74, 6) is -1.46. The average molecular weight is 380 g/mol. The van der Waals surface area contributed by atoms with E-state index in [1.807, 2.05) is 35.9 Å². The lowest BCUT2D eigenvalue weighted by Crippen LogP contribution is -2.38. The van der Waals surface area contributed by atoms with Crippen LogP contribution in [0, 0.1) is 0 Å². The van der Waals surface area contributed by atoms with E-state index >= 15 is 0 Å². The second-order valence-electron chi connectivity index (χ2n) is 4.96. The molecule has 0 aliphatic carbocycles. The highest BCUT2D eigenvalue weighted by Crippen LogP contribution is 2.24. The topological polar surface area (TPSA) is 87.7 Å². The number of thiophene rings is 1. The lowest BCUT2D eigenvalue weighted by atomic mass is 10.3. The Kier molecular flexibility index (Phi) is 7.93. The van der Waals surface area contributed by atoms with Crippen molar-refractivity contribution >= 4 is 40.6 Å². The van der Waals surface area contributed by atoms with Crippen molar-refractivity contribution in [2.24, 2.45) is 0 Å². The van der Waals surface area contributed by atoms with Crippen LogP contribution in [0.25, 0.3) is 0 Å². The highest BCUT2D eigenvalue weighted by Gasteiger charge is 2.19. The molecule has 1 atom stereocenters. The van der Waals surface area contributed by atoms with Gasteiger partial charge in [0.25, 0.3) is 0 Å². The molecular formula is C17H20N2O4S2. The Morgan fingerprint density at radius 2 is 2.04 bits per heavy atom. The Hall–Kier alpha value is -1.87. The first kappa shape index (κ1) is 19.5. The summed E-state index contributed by atoms with van der Waals surface area (Å²) in [6, 6.07) is 11.0. The van der Waals surface area contributed by atoms with Gasteiger partial charge in [-0.1, -0.05) is 18.2 Å². The molecule has 0 spiro atoms. The Balaban J connectivity index is 1.92. The van der Waals surface area contributed by atoms with Gasteiger partial charge in [0, 0.05) is 16.3 Å². The zero-order chi connectivity index (χ0) is 18.1. The molecule has 2 aromatic rings. The molecular weight excluding hydrogens is 360 g/mol. The zero-order valence-corrected chi connectivity index (χ0v) is 15.4. The zero-order valence-electron chi connectivity index (χ0n) is 13.7. The van der Waals surface area contributed by atoms with Gasteiger partial charge in [0.05, 0.1) is 18.9 Å². The molecule has 0 unspecified atom stereocenters. The molecule has 0 saturated heterocycles. The fraction of sp³-hybridized carbons (Fsp3) is 0.294. The molecule has 0 aliphatic rings. The van der Waals surface area contributed by atoms with Crippen molar-refractivity contribution in [2.75, 3.05) is 31.3 Å². The lowest BCUT2D eigenvalue weighted by Gasteiger charge is -2.17. The Morgan fingerprint density at radius 1 is 1.24 bits per heavy atom. The van der Waals surface area contributed by atoms with Crippen molar-refractivity contribution in [3.05, 3.63) is 46.7 Å². The van der Waals surface area contributed by atoms with Crippen molar-refractivity contribution in [1.82, 2.24) is 5.32 Å². The van der Waals surface area contributed by atoms with Crippen molar-refractivity contribution in [3.8, 4) is 0 Å². The fourth-order valence-electron chi connectivity index (χ4n) is 2.10. The first-order valence-electron chi connectivity index (χ1n) is 7.63. The Morgan fingerprint density at radius 3 is 2.72 bits per heavy atom. The molecule has 0 fully saturated rings. The van der Waals surface area contributed by atoms with E-state index in [1.165, 1.54) is 23.1 Å². The lowest BCUT2D eigenvalue weighted by molar-refractivity contribution is -0.136. The maximum atomic E-state index is 12.1. The third kappa shape index (κ3) is 5.86. The van der Waals surface area contributed by atoms with E-state index in [0.29, 0.717) is 5.69 Å². The van der Waals surface area contributed by atoms with Crippen LogP contribution in [0.4, 0.5) is 5.69 Å². The minimum atomic E-state index is -0.731. The molecule has 0 aliphatic heterocycles. The molecule has 25 heavy (non-hydrogen) atoms. The van der Waals surface area contributed by atoms with Gasteiger partial charge in [-0.05, 0) is 29.8 Å². The quantitative estimate of drug-likeness (QED) is 0.483. The van der Waals surface area contributed by atoms with Gasteiger partial charge >= 0.3 is 11.8 Å². The van der Waals surface area contributed by atoms with Gasteiger partial charge in [0.2, 0.25) is 0 Å². The van der Waals surface area contributed by atoms with Gasteiger partial charge in [0.15, 0.2) is 0 Å². The van der Waals surface area contributed by atoms with E-state index in [4.69, 9.17) is 9.84 Å². The molecule has 134 valence electrons. The number of aliphatic hydroxyl groups is 1. The van der Waals surface area contributed by atoms with Crippen LogP contribution in [-0.4, -0.2) is 42.9 Å². The van der Waals surface area contributed by atoms with E-state index in [2.05, 4.69) is 10.6 Å². The molecule has 6 nitrogen and oxygen atoms in total. The molecule has 0 bridgehead atoms. The van der Waals surface area contributed by atoms with Gasteiger partial charge in [0.1, 0.15) is 6.10 Å². The molecule has 0 saturated carbocycles. The summed E-state index contributed by atoms with van der Waals surface area (Å²) in [5, 5.41) is 16.0. The van der Waals surface area contributed by atoms with Crippen LogP contribution in [0.2, 0.25) is 0 Å². The number of hydrogen-bond donors (Lipinski definition) is 3. The van der Waals surface area contributed by atoms with Crippen molar-refractivity contribution in [2.45, 2.75) is 11.0 Å². The van der Waals surface area contributed by atoms with E-state index in [9.17, 15) is 9.59 Å². The van der Waals surface area contributed by atoms with Crippen molar-refractivity contribution in [1.29, 1.82) is 0 Å². The summed E-state index contributed by atoms with van der Waals surface area (Å²) >= 11 is 2.97. The number of thioether (sulfide) groups is 1. The number of carbonyl (C=O) groups is 2. The molecule has 3 N–H and O–H groups in total. The number of benzene rings is 1. The first-order valence-corrected chi connectivity index (χ1v) is 9.74. The number of carbonyl (C=O) groups excluding carboxylic acids is 2. The van der Waals surface area contributed by atoms with Crippen LogP contribution < -0.4 is 10.6 Å². The number of ether oxygens (including phenoxy) is 1. The molecule has 0 radical (unpaired) electrons. The van der Waals surface area contributed by atoms with Crippen molar-refractivity contribution in [3.63, 3.8) is 0 Å². The molecule has 1 aromatic heterocycles. The number of para-hydroxylation sites is 1. The molecule has 1 aromatic carbocycles. The van der Waals surface area contributed by atoms with Gasteiger partial charge < -0.3 is 20.5 Å². The van der Waals surface area contributed by atoms with E-state index in [-0.39, 0.29) is 19.8 Å². The minimum absolute atomic E-state index is 0.109. The monoisotopic (exact) mass is 380 g/mol. The van der Waals surface area contributed by atoms with Crippen LogP contribution in [-0.2, 0) is 14.3 Å². The van der Waals surface area contributed by atoms with Crippen LogP contribution >= 0.6 is 23.1 Å². The second kappa shape index (κ2) is 10.2. The van der Waals surface area contributed by atoms with Crippen LogP contribution in [0.3, 0.4) is 0 Å². The van der Waals surface area contributed by atoms with Crippen molar-refractivity contribution < 1.29 is 19.4 Å². The highest BCUT2D eigenvalue weighted by atomic mass is 32.2. The van der Waals surface area contributed by atoms with Gasteiger partial charge in [-0.25, -0.2) is 0 Å². The predicted octanol–water partition coefficient (Wildman–Crippen LogP) is 2.27. The molecule has 8 heteroatoms. The number of amides is 2. The average Bonchev–Trinajstić information content (AvgIpc) is 3.16. The molecule has 1 heterocycles.